The molecule has 2 aliphatic rings. The van der Waals surface area contributed by atoms with Crippen LogP contribution in [0.2, 0.25) is 0 Å². The van der Waals surface area contributed by atoms with Gasteiger partial charge in [0.05, 0.1) is 16.6 Å². The van der Waals surface area contributed by atoms with Crippen molar-refractivity contribution in [2.75, 3.05) is 18.5 Å². The Morgan fingerprint density at radius 1 is 1.52 bits per heavy atom. The van der Waals surface area contributed by atoms with Gasteiger partial charge in [0, 0.05) is 19.3 Å². The number of thiocarbonyl (C=S) groups is 1. The highest BCUT2D eigenvalue weighted by molar-refractivity contribution is 8.26. The number of carbonyl (C=O) groups is 1. The van der Waals surface area contributed by atoms with E-state index < -0.39 is 0 Å². The van der Waals surface area contributed by atoms with E-state index in [2.05, 4.69) is 15.6 Å². The predicted octanol–water partition coefficient (Wildman–Crippen LogP) is 2.08. The SMILES string of the molecule is Cc1cccn2c(=O)c(/C=C3/SC(=S)NC3=O)c(NC[C@@H]3CCCO3)nc12. The molecule has 0 aliphatic carbocycles. The molecule has 140 valence electrons. The van der Waals surface area contributed by atoms with Gasteiger partial charge in [0.15, 0.2) is 0 Å². The molecule has 2 aromatic rings. The Labute approximate surface area is 165 Å². The van der Waals surface area contributed by atoms with Crippen LogP contribution in [-0.4, -0.2) is 38.9 Å². The minimum Gasteiger partial charge on any atom is -0.376 e. The zero-order valence-electron chi connectivity index (χ0n) is 14.7. The summed E-state index contributed by atoms with van der Waals surface area (Å²) in [6, 6.07) is 3.70. The molecule has 7 nitrogen and oxygen atoms in total. The van der Waals surface area contributed by atoms with E-state index in [1.54, 1.807) is 18.3 Å². The second-order valence-electron chi connectivity index (χ2n) is 6.43. The number of fused-ring (bicyclic) bond motifs is 1. The van der Waals surface area contributed by atoms with Crippen LogP contribution in [0.3, 0.4) is 0 Å². The maximum Gasteiger partial charge on any atom is 0.267 e. The maximum absolute atomic E-state index is 13.1. The van der Waals surface area contributed by atoms with Crippen molar-refractivity contribution in [2.24, 2.45) is 0 Å². The summed E-state index contributed by atoms with van der Waals surface area (Å²) < 4.78 is 7.52. The van der Waals surface area contributed by atoms with Gasteiger partial charge in [0.25, 0.3) is 11.5 Å². The smallest absolute Gasteiger partial charge is 0.267 e. The highest BCUT2D eigenvalue weighted by Gasteiger charge is 2.24. The summed E-state index contributed by atoms with van der Waals surface area (Å²) in [5.41, 5.74) is 1.57. The molecule has 0 saturated carbocycles. The summed E-state index contributed by atoms with van der Waals surface area (Å²) in [5.74, 6) is 0.146. The van der Waals surface area contributed by atoms with E-state index in [1.165, 1.54) is 4.40 Å². The molecule has 4 rings (SSSR count). The molecular weight excluding hydrogens is 384 g/mol. The number of aromatic nitrogens is 2. The van der Waals surface area contributed by atoms with Gasteiger partial charge in [-0.25, -0.2) is 4.98 Å². The lowest BCUT2D eigenvalue weighted by atomic mass is 10.2. The predicted molar refractivity (Wildman–Crippen MR) is 110 cm³/mol. The number of amides is 1. The van der Waals surface area contributed by atoms with Crippen LogP contribution in [-0.2, 0) is 9.53 Å². The lowest BCUT2D eigenvalue weighted by Crippen LogP contribution is -2.25. The lowest BCUT2D eigenvalue weighted by molar-refractivity contribution is -0.115. The second kappa shape index (κ2) is 7.41. The fraction of sp³-hybridized carbons (Fsp3) is 0.333. The van der Waals surface area contributed by atoms with Crippen molar-refractivity contribution in [1.82, 2.24) is 14.7 Å². The molecule has 2 fully saturated rings. The van der Waals surface area contributed by atoms with Crippen molar-refractivity contribution in [3.8, 4) is 0 Å². The van der Waals surface area contributed by atoms with Gasteiger partial charge in [-0.2, -0.15) is 0 Å². The van der Waals surface area contributed by atoms with Crippen molar-refractivity contribution in [3.05, 3.63) is 44.7 Å². The van der Waals surface area contributed by atoms with E-state index in [0.717, 1.165) is 36.8 Å². The first kappa shape index (κ1) is 18.1. The van der Waals surface area contributed by atoms with E-state index >= 15 is 0 Å². The highest BCUT2D eigenvalue weighted by Crippen LogP contribution is 2.27. The first-order chi connectivity index (χ1) is 13.0. The summed E-state index contributed by atoms with van der Waals surface area (Å²) in [4.78, 5) is 30.2. The molecular formula is C18H18N4O3S2. The van der Waals surface area contributed by atoms with E-state index in [0.29, 0.717) is 32.8 Å². The number of thioether (sulfide) groups is 1. The largest absolute Gasteiger partial charge is 0.376 e. The van der Waals surface area contributed by atoms with Crippen LogP contribution in [0, 0.1) is 6.92 Å². The third-order valence-electron chi connectivity index (χ3n) is 4.52. The van der Waals surface area contributed by atoms with Crippen LogP contribution < -0.4 is 16.2 Å². The van der Waals surface area contributed by atoms with E-state index in [4.69, 9.17) is 17.0 Å². The molecule has 0 unspecified atom stereocenters. The van der Waals surface area contributed by atoms with Crippen molar-refractivity contribution in [3.63, 3.8) is 0 Å². The van der Waals surface area contributed by atoms with Crippen LogP contribution in [0.5, 0.6) is 0 Å². The first-order valence-corrected chi connectivity index (χ1v) is 9.88. The molecule has 4 heterocycles. The monoisotopic (exact) mass is 402 g/mol. The maximum atomic E-state index is 13.1. The van der Waals surface area contributed by atoms with Gasteiger partial charge >= 0.3 is 0 Å². The minimum absolute atomic E-state index is 0.0966. The number of rotatable bonds is 4. The minimum atomic E-state index is -0.302. The van der Waals surface area contributed by atoms with Gasteiger partial charge in [0.1, 0.15) is 15.8 Å². The summed E-state index contributed by atoms with van der Waals surface area (Å²) in [5, 5.41) is 5.81. The summed E-state index contributed by atoms with van der Waals surface area (Å²) in [6.45, 7) is 3.22. The lowest BCUT2D eigenvalue weighted by Gasteiger charge is -2.15. The van der Waals surface area contributed by atoms with Crippen LogP contribution in [0.15, 0.2) is 28.0 Å². The topological polar surface area (TPSA) is 84.7 Å². The Bertz CT molecular complexity index is 1030. The Kier molecular flexibility index (Phi) is 4.98. The zero-order chi connectivity index (χ0) is 19.0. The summed E-state index contributed by atoms with van der Waals surface area (Å²) >= 11 is 6.17. The Morgan fingerprint density at radius 2 is 2.37 bits per heavy atom. The molecule has 2 aromatic heterocycles. The molecule has 0 spiro atoms. The third-order valence-corrected chi connectivity index (χ3v) is 5.69. The average Bonchev–Trinajstić information content (AvgIpc) is 3.26. The third kappa shape index (κ3) is 3.62. The van der Waals surface area contributed by atoms with Gasteiger partial charge in [0.2, 0.25) is 0 Å². The summed E-state index contributed by atoms with van der Waals surface area (Å²) in [6.07, 6.45) is 5.34. The average molecular weight is 403 g/mol. The van der Waals surface area contributed by atoms with Gasteiger partial charge in [-0.1, -0.05) is 30.0 Å². The molecule has 0 aromatic carbocycles. The van der Waals surface area contributed by atoms with Crippen LogP contribution in [0.1, 0.15) is 24.0 Å². The number of hydrogen-bond donors (Lipinski definition) is 2. The fourth-order valence-corrected chi connectivity index (χ4v) is 4.17. The molecule has 9 heteroatoms. The van der Waals surface area contributed by atoms with Crippen molar-refractivity contribution < 1.29 is 9.53 Å². The number of nitrogens with zero attached hydrogens (tertiary/aromatic N) is 2. The number of anilines is 1. The van der Waals surface area contributed by atoms with Crippen molar-refractivity contribution in [2.45, 2.75) is 25.9 Å². The van der Waals surface area contributed by atoms with Gasteiger partial charge in [-0.3, -0.25) is 14.0 Å². The van der Waals surface area contributed by atoms with E-state index in [9.17, 15) is 9.59 Å². The second-order valence-corrected chi connectivity index (χ2v) is 8.15. The van der Waals surface area contributed by atoms with E-state index in [-0.39, 0.29) is 17.6 Å². The normalized spacial score (nSPS) is 21.2. The van der Waals surface area contributed by atoms with E-state index in [1.807, 2.05) is 13.0 Å². The Hall–Kier alpha value is -2.23. The highest BCUT2D eigenvalue weighted by atomic mass is 32.2. The number of hydrogen-bond acceptors (Lipinski definition) is 7. The van der Waals surface area contributed by atoms with Crippen molar-refractivity contribution in [1.29, 1.82) is 0 Å². The summed E-state index contributed by atoms with van der Waals surface area (Å²) in [7, 11) is 0. The molecule has 1 amide bonds. The molecule has 2 saturated heterocycles. The molecule has 0 bridgehead atoms. The number of aryl methyl sites for hydroxylation is 1. The zero-order valence-corrected chi connectivity index (χ0v) is 16.3. The quantitative estimate of drug-likeness (QED) is 0.598. The van der Waals surface area contributed by atoms with Crippen LogP contribution in [0.4, 0.5) is 5.82 Å². The molecule has 0 radical (unpaired) electrons. The van der Waals surface area contributed by atoms with Gasteiger partial charge in [-0.05, 0) is 37.5 Å². The van der Waals surface area contributed by atoms with Crippen LogP contribution >= 0.6 is 24.0 Å². The number of ether oxygens (including phenoxy) is 1. The van der Waals surface area contributed by atoms with Gasteiger partial charge < -0.3 is 15.4 Å². The first-order valence-electron chi connectivity index (χ1n) is 8.65. The standard InChI is InChI=1S/C18H18N4O3S2/c1-10-4-2-6-22-15(10)20-14(19-9-11-5-3-7-25-11)12(17(22)24)8-13-16(23)21-18(26)27-13/h2,4,6,8,11,19H,3,5,7,9H2,1H3,(H,21,23,26)/b13-8+/t11-/m0/s1. The van der Waals surface area contributed by atoms with Crippen LogP contribution in [0.25, 0.3) is 11.7 Å². The Morgan fingerprint density at radius 3 is 3.07 bits per heavy atom. The fourth-order valence-electron chi connectivity index (χ4n) is 3.14. The molecule has 2 aliphatic heterocycles. The number of carbonyl (C=O) groups excluding carboxylic acids is 1. The van der Waals surface area contributed by atoms with Gasteiger partial charge in [-0.15, -0.1) is 0 Å². The van der Waals surface area contributed by atoms with Crippen molar-refractivity contribution >= 4 is 51.7 Å². The molecule has 2 N–H and O–H groups in total. The molecule has 27 heavy (non-hydrogen) atoms. The molecule has 1 atom stereocenters. The Balaban J connectivity index is 1.81. The number of nitrogens with one attached hydrogen (secondary N) is 2. The number of pyridine rings is 1.